The van der Waals surface area contributed by atoms with Crippen LogP contribution in [0.25, 0.3) is 0 Å². The van der Waals surface area contributed by atoms with Crippen molar-refractivity contribution in [2.45, 2.75) is 64.7 Å². The van der Waals surface area contributed by atoms with Crippen LogP contribution in [-0.2, 0) is 4.79 Å². The topological polar surface area (TPSA) is 32.3 Å². The Kier molecular flexibility index (Phi) is 5.68. The molecule has 0 bridgehead atoms. The Labute approximate surface area is 118 Å². The summed E-state index contributed by atoms with van der Waals surface area (Å²) < 4.78 is 0. The molecule has 3 heteroatoms. The Hall–Kier alpha value is -0.570. The number of nitrogens with one attached hydrogen (secondary N) is 1. The zero-order chi connectivity index (χ0) is 13.6. The molecule has 0 aromatic rings. The van der Waals surface area contributed by atoms with Crippen LogP contribution in [0.1, 0.15) is 64.7 Å². The molecule has 1 amide bonds. The van der Waals surface area contributed by atoms with Crippen LogP contribution in [0.3, 0.4) is 0 Å². The number of unbranched alkanes of at least 4 members (excludes halogenated alkanes) is 5. The molecule has 0 aromatic heterocycles. The first-order chi connectivity index (χ1) is 9.26. The van der Waals surface area contributed by atoms with Gasteiger partial charge in [-0.05, 0) is 37.8 Å². The lowest BCUT2D eigenvalue weighted by atomic mass is 9.78. The molecule has 2 heterocycles. The molecule has 19 heavy (non-hydrogen) atoms. The highest BCUT2D eigenvalue weighted by Crippen LogP contribution is 2.39. The van der Waals surface area contributed by atoms with E-state index in [0.717, 1.165) is 32.6 Å². The van der Waals surface area contributed by atoms with Gasteiger partial charge in [-0.3, -0.25) is 4.79 Å². The number of carbonyl (C=O) groups is 1. The summed E-state index contributed by atoms with van der Waals surface area (Å²) in [6.07, 6.45) is 11.0. The van der Waals surface area contributed by atoms with Gasteiger partial charge in [-0.2, -0.15) is 0 Å². The molecule has 2 rings (SSSR count). The van der Waals surface area contributed by atoms with Gasteiger partial charge in [0.2, 0.25) is 5.91 Å². The lowest BCUT2D eigenvalue weighted by molar-refractivity contribution is -0.127. The Morgan fingerprint density at radius 2 is 1.79 bits per heavy atom. The van der Waals surface area contributed by atoms with Crippen LogP contribution in [0.15, 0.2) is 0 Å². The average Bonchev–Trinajstić information content (AvgIpc) is 2.70. The van der Waals surface area contributed by atoms with Gasteiger partial charge in [0.1, 0.15) is 0 Å². The standard InChI is InChI=1S/C16H30N2O/c1-2-3-4-5-6-7-12-18-14-16(13-15(18)19)8-10-17-11-9-16/h17H,2-14H2,1H3. The van der Waals surface area contributed by atoms with Gasteiger partial charge < -0.3 is 10.2 Å². The van der Waals surface area contributed by atoms with E-state index in [0.29, 0.717) is 11.3 Å². The molecule has 2 aliphatic heterocycles. The molecule has 0 aliphatic carbocycles. The molecule has 1 spiro atoms. The third-order valence-corrected chi connectivity index (χ3v) is 4.85. The van der Waals surface area contributed by atoms with E-state index < -0.39 is 0 Å². The van der Waals surface area contributed by atoms with E-state index in [2.05, 4.69) is 17.1 Å². The van der Waals surface area contributed by atoms with E-state index in [9.17, 15) is 4.79 Å². The van der Waals surface area contributed by atoms with Crippen molar-refractivity contribution in [1.29, 1.82) is 0 Å². The van der Waals surface area contributed by atoms with Crippen molar-refractivity contribution in [1.82, 2.24) is 10.2 Å². The van der Waals surface area contributed by atoms with Crippen LogP contribution in [0.4, 0.5) is 0 Å². The highest BCUT2D eigenvalue weighted by atomic mass is 16.2. The van der Waals surface area contributed by atoms with Gasteiger partial charge in [-0.15, -0.1) is 0 Å². The van der Waals surface area contributed by atoms with E-state index in [1.165, 1.54) is 51.4 Å². The number of nitrogens with zero attached hydrogens (tertiary/aromatic N) is 1. The van der Waals surface area contributed by atoms with E-state index in [1.54, 1.807) is 0 Å². The van der Waals surface area contributed by atoms with Gasteiger partial charge in [0, 0.05) is 19.5 Å². The molecule has 2 saturated heterocycles. The molecule has 0 radical (unpaired) electrons. The second-order valence-corrected chi connectivity index (χ2v) is 6.51. The van der Waals surface area contributed by atoms with E-state index in [-0.39, 0.29) is 0 Å². The van der Waals surface area contributed by atoms with Crippen molar-refractivity contribution in [2.24, 2.45) is 5.41 Å². The van der Waals surface area contributed by atoms with Gasteiger partial charge in [-0.25, -0.2) is 0 Å². The second kappa shape index (κ2) is 7.28. The SMILES string of the molecule is CCCCCCCCN1CC2(CCNCC2)CC1=O. The summed E-state index contributed by atoms with van der Waals surface area (Å²) in [6.45, 7) is 6.47. The Bertz CT molecular complexity index is 284. The van der Waals surface area contributed by atoms with E-state index >= 15 is 0 Å². The molecule has 0 saturated carbocycles. The first-order valence-electron chi connectivity index (χ1n) is 8.24. The molecule has 110 valence electrons. The number of likely N-dealkylation sites (tertiary alicyclic amines) is 1. The maximum atomic E-state index is 12.1. The predicted molar refractivity (Wildman–Crippen MR) is 79.1 cm³/mol. The van der Waals surface area contributed by atoms with E-state index in [1.807, 2.05) is 0 Å². The van der Waals surface area contributed by atoms with Crippen molar-refractivity contribution in [3.05, 3.63) is 0 Å². The molecule has 2 fully saturated rings. The second-order valence-electron chi connectivity index (χ2n) is 6.51. The maximum absolute atomic E-state index is 12.1. The average molecular weight is 266 g/mol. The van der Waals surface area contributed by atoms with Crippen molar-refractivity contribution in [2.75, 3.05) is 26.2 Å². The predicted octanol–water partition coefficient (Wildman–Crippen LogP) is 2.95. The zero-order valence-corrected chi connectivity index (χ0v) is 12.5. The summed E-state index contributed by atoms with van der Waals surface area (Å²) in [5, 5.41) is 3.41. The molecule has 3 nitrogen and oxygen atoms in total. The minimum absolute atomic E-state index is 0.324. The first kappa shape index (κ1) is 14.8. The maximum Gasteiger partial charge on any atom is 0.223 e. The minimum Gasteiger partial charge on any atom is -0.342 e. The van der Waals surface area contributed by atoms with Crippen LogP contribution < -0.4 is 5.32 Å². The van der Waals surface area contributed by atoms with Crippen molar-refractivity contribution in [3.8, 4) is 0 Å². The van der Waals surface area contributed by atoms with Crippen LogP contribution >= 0.6 is 0 Å². The largest absolute Gasteiger partial charge is 0.342 e. The number of hydrogen-bond acceptors (Lipinski definition) is 2. The Morgan fingerprint density at radius 1 is 1.11 bits per heavy atom. The number of carbonyl (C=O) groups excluding carboxylic acids is 1. The molecule has 0 atom stereocenters. The van der Waals surface area contributed by atoms with Crippen molar-refractivity contribution >= 4 is 5.91 Å². The van der Waals surface area contributed by atoms with Crippen LogP contribution in [-0.4, -0.2) is 37.0 Å². The van der Waals surface area contributed by atoms with Crippen LogP contribution in [0.2, 0.25) is 0 Å². The van der Waals surface area contributed by atoms with Crippen LogP contribution in [0, 0.1) is 5.41 Å². The van der Waals surface area contributed by atoms with Gasteiger partial charge in [0.25, 0.3) is 0 Å². The first-order valence-corrected chi connectivity index (χ1v) is 8.24. The highest BCUT2D eigenvalue weighted by molar-refractivity contribution is 5.79. The van der Waals surface area contributed by atoms with Crippen molar-refractivity contribution < 1.29 is 4.79 Å². The number of hydrogen-bond donors (Lipinski definition) is 1. The highest BCUT2D eigenvalue weighted by Gasteiger charge is 2.43. The number of piperidine rings is 1. The molecular formula is C16H30N2O. The van der Waals surface area contributed by atoms with E-state index in [4.69, 9.17) is 0 Å². The number of rotatable bonds is 7. The minimum atomic E-state index is 0.324. The van der Waals surface area contributed by atoms with Gasteiger partial charge in [0.05, 0.1) is 0 Å². The molecular weight excluding hydrogens is 236 g/mol. The van der Waals surface area contributed by atoms with Crippen molar-refractivity contribution in [3.63, 3.8) is 0 Å². The summed E-state index contributed by atoms with van der Waals surface area (Å²) in [6, 6.07) is 0. The van der Waals surface area contributed by atoms with Crippen LogP contribution in [0.5, 0.6) is 0 Å². The molecule has 0 aromatic carbocycles. The van der Waals surface area contributed by atoms with Gasteiger partial charge in [0.15, 0.2) is 0 Å². The summed E-state index contributed by atoms with van der Waals surface area (Å²) in [5.74, 6) is 0.412. The fourth-order valence-corrected chi connectivity index (χ4v) is 3.56. The quantitative estimate of drug-likeness (QED) is 0.719. The third kappa shape index (κ3) is 4.20. The fraction of sp³-hybridized carbons (Fsp3) is 0.938. The number of amides is 1. The van der Waals surface area contributed by atoms with Gasteiger partial charge in [-0.1, -0.05) is 39.0 Å². The molecule has 0 unspecified atom stereocenters. The summed E-state index contributed by atoms with van der Waals surface area (Å²) >= 11 is 0. The zero-order valence-electron chi connectivity index (χ0n) is 12.5. The fourth-order valence-electron chi connectivity index (χ4n) is 3.56. The summed E-state index contributed by atoms with van der Waals surface area (Å²) in [7, 11) is 0. The molecule has 1 N–H and O–H groups in total. The third-order valence-electron chi connectivity index (χ3n) is 4.85. The molecule has 2 aliphatic rings. The lowest BCUT2D eigenvalue weighted by Gasteiger charge is -2.33. The summed E-state index contributed by atoms with van der Waals surface area (Å²) in [5.41, 5.74) is 0.324. The monoisotopic (exact) mass is 266 g/mol. The normalized spacial score (nSPS) is 22.4. The lowest BCUT2D eigenvalue weighted by Crippen LogP contribution is -2.38. The smallest absolute Gasteiger partial charge is 0.223 e. The van der Waals surface area contributed by atoms with Gasteiger partial charge >= 0.3 is 0 Å². The Balaban J connectivity index is 1.65. The Morgan fingerprint density at radius 3 is 2.53 bits per heavy atom. The summed E-state index contributed by atoms with van der Waals surface area (Å²) in [4.78, 5) is 14.3.